The molecule has 2 aromatic rings. The standard InChI is InChI=1S/C14H11ClN4S/c15-10-3-1-9(2-4-10)5-6-19-14-11(7-16)13(18)12(8-17)20-14/h1-4,19H,5-6,18H2. The molecule has 0 spiro atoms. The Morgan fingerprint density at radius 2 is 1.90 bits per heavy atom. The minimum absolute atomic E-state index is 0.258. The smallest absolute Gasteiger partial charge is 0.131 e. The van der Waals surface area contributed by atoms with Gasteiger partial charge in [-0.15, -0.1) is 11.3 Å². The summed E-state index contributed by atoms with van der Waals surface area (Å²) < 4.78 is 0. The van der Waals surface area contributed by atoms with E-state index in [0.717, 1.165) is 12.0 Å². The number of nitrogens with one attached hydrogen (secondary N) is 1. The van der Waals surface area contributed by atoms with Crippen molar-refractivity contribution in [2.45, 2.75) is 6.42 Å². The quantitative estimate of drug-likeness (QED) is 0.906. The number of nitrogens with two attached hydrogens (primary N) is 1. The van der Waals surface area contributed by atoms with Gasteiger partial charge < -0.3 is 11.1 Å². The van der Waals surface area contributed by atoms with Crippen molar-refractivity contribution in [1.82, 2.24) is 0 Å². The Hall–Kier alpha value is -2.21. The Labute approximate surface area is 126 Å². The third-order valence-electron chi connectivity index (χ3n) is 2.77. The Morgan fingerprint density at radius 3 is 2.50 bits per heavy atom. The molecule has 1 heterocycles. The molecule has 100 valence electrons. The second kappa shape index (κ2) is 6.29. The topological polar surface area (TPSA) is 85.6 Å². The summed E-state index contributed by atoms with van der Waals surface area (Å²) >= 11 is 7.03. The van der Waals surface area contributed by atoms with Crippen molar-refractivity contribution in [2.24, 2.45) is 0 Å². The van der Waals surface area contributed by atoms with E-state index in [1.54, 1.807) is 0 Å². The van der Waals surface area contributed by atoms with Crippen LogP contribution in [-0.2, 0) is 6.42 Å². The highest BCUT2D eigenvalue weighted by atomic mass is 35.5. The molecule has 0 aliphatic heterocycles. The van der Waals surface area contributed by atoms with Crippen molar-refractivity contribution in [3.63, 3.8) is 0 Å². The summed E-state index contributed by atoms with van der Waals surface area (Å²) in [4.78, 5) is 0.371. The maximum absolute atomic E-state index is 9.07. The summed E-state index contributed by atoms with van der Waals surface area (Å²) in [5.74, 6) is 0. The molecule has 3 N–H and O–H groups in total. The third kappa shape index (κ3) is 3.03. The molecule has 1 aromatic carbocycles. The molecule has 4 nitrogen and oxygen atoms in total. The first-order valence-corrected chi connectivity index (χ1v) is 7.06. The van der Waals surface area contributed by atoms with Crippen LogP contribution in [0.25, 0.3) is 0 Å². The van der Waals surface area contributed by atoms with E-state index in [4.69, 9.17) is 27.9 Å². The molecule has 0 saturated heterocycles. The number of nitrogens with zero attached hydrogens (tertiary/aromatic N) is 2. The van der Waals surface area contributed by atoms with E-state index in [2.05, 4.69) is 5.32 Å². The van der Waals surface area contributed by atoms with Gasteiger partial charge in [-0.1, -0.05) is 23.7 Å². The zero-order valence-electron chi connectivity index (χ0n) is 10.5. The normalized spacial score (nSPS) is 9.75. The molecular weight excluding hydrogens is 292 g/mol. The van der Waals surface area contributed by atoms with Crippen LogP contribution < -0.4 is 11.1 Å². The molecule has 0 atom stereocenters. The van der Waals surface area contributed by atoms with Gasteiger partial charge in [-0.05, 0) is 24.1 Å². The van der Waals surface area contributed by atoms with Crippen LogP contribution in [-0.4, -0.2) is 6.54 Å². The van der Waals surface area contributed by atoms with Crippen LogP contribution in [0.15, 0.2) is 24.3 Å². The van der Waals surface area contributed by atoms with Crippen LogP contribution in [0, 0.1) is 22.7 Å². The minimum Gasteiger partial charge on any atom is -0.396 e. The van der Waals surface area contributed by atoms with Crippen molar-refractivity contribution in [3.05, 3.63) is 45.3 Å². The summed E-state index contributed by atoms with van der Waals surface area (Å²) in [5, 5.41) is 22.5. The number of benzene rings is 1. The van der Waals surface area contributed by atoms with Gasteiger partial charge in [0.05, 0.1) is 5.69 Å². The minimum atomic E-state index is 0.258. The lowest BCUT2D eigenvalue weighted by Crippen LogP contribution is -2.04. The molecule has 0 bridgehead atoms. The van der Waals surface area contributed by atoms with Crippen LogP contribution >= 0.6 is 22.9 Å². The molecule has 6 heteroatoms. The Kier molecular flexibility index (Phi) is 4.47. The number of halogens is 1. The number of nitriles is 2. The maximum Gasteiger partial charge on any atom is 0.131 e. The van der Waals surface area contributed by atoms with E-state index in [-0.39, 0.29) is 5.69 Å². The predicted molar refractivity (Wildman–Crippen MR) is 81.8 cm³/mol. The van der Waals surface area contributed by atoms with E-state index in [1.165, 1.54) is 11.3 Å². The maximum atomic E-state index is 9.07. The third-order valence-corrected chi connectivity index (χ3v) is 4.09. The van der Waals surface area contributed by atoms with Crippen LogP contribution in [0.5, 0.6) is 0 Å². The van der Waals surface area contributed by atoms with Gasteiger partial charge in [0.2, 0.25) is 0 Å². The van der Waals surface area contributed by atoms with Gasteiger partial charge in [-0.25, -0.2) is 0 Å². The first kappa shape index (κ1) is 14.2. The van der Waals surface area contributed by atoms with Gasteiger partial charge in [0, 0.05) is 11.6 Å². The molecule has 0 unspecified atom stereocenters. The summed E-state index contributed by atoms with van der Waals surface area (Å²) in [6, 6.07) is 11.6. The summed E-state index contributed by atoms with van der Waals surface area (Å²) in [5.41, 5.74) is 7.49. The fraction of sp³-hybridized carbons (Fsp3) is 0.143. The zero-order valence-corrected chi connectivity index (χ0v) is 12.1. The van der Waals surface area contributed by atoms with E-state index >= 15 is 0 Å². The van der Waals surface area contributed by atoms with Crippen LogP contribution in [0.2, 0.25) is 5.02 Å². The first-order chi connectivity index (χ1) is 9.65. The van der Waals surface area contributed by atoms with Crippen LogP contribution in [0.3, 0.4) is 0 Å². The SMILES string of the molecule is N#Cc1sc(NCCc2ccc(Cl)cc2)c(C#N)c1N. The molecule has 1 aromatic heterocycles. The number of anilines is 2. The Bertz CT molecular complexity index is 692. The molecule has 2 rings (SSSR count). The average molecular weight is 303 g/mol. The molecule has 20 heavy (non-hydrogen) atoms. The van der Waals surface area contributed by atoms with E-state index in [1.807, 2.05) is 36.4 Å². The van der Waals surface area contributed by atoms with Crippen molar-refractivity contribution < 1.29 is 0 Å². The highest BCUT2D eigenvalue weighted by Crippen LogP contribution is 2.34. The van der Waals surface area contributed by atoms with Gasteiger partial charge in [-0.3, -0.25) is 0 Å². The van der Waals surface area contributed by atoms with Crippen LogP contribution in [0.4, 0.5) is 10.7 Å². The highest BCUT2D eigenvalue weighted by molar-refractivity contribution is 7.17. The monoisotopic (exact) mass is 302 g/mol. The van der Waals surface area contributed by atoms with Gasteiger partial charge in [0.1, 0.15) is 27.6 Å². The largest absolute Gasteiger partial charge is 0.396 e. The van der Waals surface area contributed by atoms with Gasteiger partial charge in [0.25, 0.3) is 0 Å². The number of hydrogen-bond acceptors (Lipinski definition) is 5. The average Bonchev–Trinajstić information content (AvgIpc) is 2.76. The number of hydrogen-bond donors (Lipinski definition) is 2. The van der Waals surface area contributed by atoms with Crippen molar-refractivity contribution in [3.8, 4) is 12.1 Å². The lowest BCUT2D eigenvalue weighted by Gasteiger charge is -2.04. The van der Waals surface area contributed by atoms with Crippen molar-refractivity contribution in [1.29, 1.82) is 10.5 Å². The Balaban J connectivity index is 2.03. The fourth-order valence-electron chi connectivity index (χ4n) is 1.73. The summed E-state index contributed by atoms with van der Waals surface area (Å²) in [7, 11) is 0. The summed E-state index contributed by atoms with van der Waals surface area (Å²) in [6.45, 7) is 0.654. The van der Waals surface area contributed by atoms with E-state index in [9.17, 15) is 0 Å². The van der Waals surface area contributed by atoms with Crippen molar-refractivity contribution >= 4 is 33.6 Å². The molecule has 0 amide bonds. The molecule has 0 aliphatic rings. The highest BCUT2D eigenvalue weighted by Gasteiger charge is 2.14. The lowest BCUT2D eigenvalue weighted by atomic mass is 10.1. The molecule has 0 aliphatic carbocycles. The number of rotatable bonds is 4. The van der Waals surface area contributed by atoms with E-state index in [0.29, 0.717) is 27.0 Å². The second-order valence-electron chi connectivity index (χ2n) is 4.08. The second-order valence-corrected chi connectivity index (χ2v) is 5.53. The van der Waals surface area contributed by atoms with Crippen molar-refractivity contribution in [2.75, 3.05) is 17.6 Å². The van der Waals surface area contributed by atoms with Gasteiger partial charge in [0.15, 0.2) is 0 Å². The fourth-order valence-corrected chi connectivity index (χ4v) is 2.75. The van der Waals surface area contributed by atoms with Crippen LogP contribution in [0.1, 0.15) is 16.0 Å². The summed E-state index contributed by atoms with van der Waals surface area (Å²) in [6.07, 6.45) is 0.793. The molecule has 0 fully saturated rings. The first-order valence-electron chi connectivity index (χ1n) is 5.86. The molecular formula is C14H11ClN4S. The Morgan fingerprint density at radius 1 is 1.20 bits per heavy atom. The molecule has 0 saturated carbocycles. The molecule has 0 radical (unpaired) electrons. The number of thiophene rings is 1. The van der Waals surface area contributed by atoms with Gasteiger partial charge in [-0.2, -0.15) is 10.5 Å². The zero-order chi connectivity index (χ0) is 14.5. The number of nitrogen functional groups attached to an aromatic ring is 1. The lowest BCUT2D eigenvalue weighted by molar-refractivity contribution is 1.02. The predicted octanol–water partition coefficient (Wildman–Crippen LogP) is 3.38. The van der Waals surface area contributed by atoms with E-state index < -0.39 is 0 Å². The van der Waals surface area contributed by atoms with Gasteiger partial charge >= 0.3 is 0 Å².